The van der Waals surface area contributed by atoms with Crippen LogP contribution in [0.1, 0.15) is 72.7 Å². The van der Waals surface area contributed by atoms with E-state index in [2.05, 4.69) is 40.6 Å². The Morgan fingerprint density at radius 1 is 0.889 bits per heavy atom. The minimum Gasteiger partial charge on any atom is -0.350 e. The summed E-state index contributed by atoms with van der Waals surface area (Å²) in [6, 6.07) is 12.7. The molecule has 5 rings (SSSR count). The Hall–Kier alpha value is -2.62. The van der Waals surface area contributed by atoms with Gasteiger partial charge in [-0.25, -0.2) is 0 Å². The Morgan fingerprint density at radius 3 is 2.22 bits per heavy atom. The van der Waals surface area contributed by atoms with E-state index in [1.54, 1.807) is 0 Å². The molecular weight excluding hydrogens is 336 g/mol. The second-order valence-corrected chi connectivity index (χ2v) is 8.12. The van der Waals surface area contributed by atoms with Crippen molar-refractivity contribution in [2.24, 2.45) is 0 Å². The van der Waals surface area contributed by atoms with Crippen LogP contribution in [0.5, 0.6) is 0 Å². The van der Waals surface area contributed by atoms with Crippen LogP contribution in [0.3, 0.4) is 0 Å². The molecule has 0 bridgehead atoms. The highest BCUT2D eigenvalue weighted by Gasteiger charge is 2.27. The van der Waals surface area contributed by atoms with Crippen molar-refractivity contribution in [1.82, 2.24) is 10.3 Å². The number of aromatic nitrogens is 1. The van der Waals surface area contributed by atoms with Crippen molar-refractivity contribution >= 4 is 11.5 Å². The highest BCUT2D eigenvalue weighted by atomic mass is 16.2. The van der Waals surface area contributed by atoms with E-state index in [0.717, 1.165) is 47.6 Å². The molecule has 0 radical (unpaired) electrons. The van der Waals surface area contributed by atoms with Crippen LogP contribution in [-0.4, -0.2) is 16.9 Å². The topological polar surface area (TPSA) is 62.0 Å². The summed E-state index contributed by atoms with van der Waals surface area (Å²) in [5.41, 5.74) is 5.20. The summed E-state index contributed by atoms with van der Waals surface area (Å²) in [4.78, 5) is 27.3. The van der Waals surface area contributed by atoms with Gasteiger partial charge in [0, 0.05) is 29.3 Å². The molecule has 1 amide bonds. The van der Waals surface area contributed by atoms with Gasteiger partial charge in [-0.2, -0.15) is 0 Å². The molecule has 0 spiro atoms. The molecule has 2 aromatic rings. The first-order valence-corrected chi connectivity index (χ1v) is 10.0. The van der Waals surface area contributed by atoms with Gasteiger partial charge in [0.25, 0.3) is 5.56 Å². The van der Waals surface area contributed by atoms with E-state index in [1.165, 1.54) is 18.4 Å². The predicted molar refractivity (Wildman–Crippen MR) is 106 cm³/mol. The number of pyridine rings is 1. The Labute approximate surface area is 158 Å². The second kappa shape index (κ2) is 6.52. The molecule has 2 heterocycles. The van der Waals surface area contributed by atoms with Gasteiger partial charge in [-0.3, -0.25) is 9.59 Å². The van der Waals surface area contributed by atoms with Crippen molar-refractivity contribution in [2.45, 2.75) is 56.4 Å². The maximum Gasteiger partial charge on any atom is 0.251 e. The molecule has 2 N–H and O–H groups in total. The van der Waals surface area contributed by atoms with Gasteiger partial charge in [-0.05, 0) is 61.1 Å². The maximum absolute atomic E-state index is 12.5. The fraction of sp³-hybridized carbons (Fsp3) is 0.391. The molecule has 4 heteroatoms. The lowest BCUT2D eigenvalue weighted by atomic mass is 9.96. The lowest BCUT2D eigenvalue weighted by molar-refractivity contribution is -0.119. The van der Waals surface area contributed by atoms with Crippen LogP contribution >= 0.6 is 0 Å². The van der Waals surface area contributed by atoms with Gasteiger partial charge in [0.05, 0.1) is 0 Å². The molecule has 1 aromatic heterocycles. The zero-order valence-corrected chi connectivity index (χ0v) is 15.3. The first-order chi connectivity index (χ1) is 13.2. The monoisotopic (exact) mass is 360 g/mol. The van der Waals surface area contributed by atoms with Crippen molar-refractivity contribution in [3.05, 3.63) is 75.2 Å². The van der Waals surface area contributed by atoms with Crippen molar-refractivity contribution < 1.29 is 4.79 Å². The van der Waals surface area contributed by atoms with E-state index in [4.69, 9.17) is 0 Å². The minimum atomic E-state index is 0.0159. The molecule has 2 aliphatic carbocycles. The largest absolute Gasteiger partial charge is 0.350 e. The van der Waals surface area contributed by atoms with E-state index < -0.39 is 0 Å². The first kappa shape index (κ1) is 16.5. The van der Waals surface area contributed by atoms with Crippen molar-refractivity contribution in [2.75, 3.05) is 0 Å². The van der Waals surface area contributed by atoms with E-state index in [9.17, 15) is 9.59 Å². The third kappa shape index (κ3) is 3.48. The Morgan fingerprint density at radius 2 is 1.63 bits per heavy atom. The van der Waals surface area contributed by atoms with Gasteiger partial charge in [-0.1, -0.05) is 36.4 Å². The lowest BCUT2D eigenvalue weighted by Crippen LogP contribution is -2.23. The predicted octanol–water partition coefficient (Wildman–Crippen LogP) is 3.84. The minimum absolute atomic E-state index is 0.0159. The van der Waals surface area contributed by atoms with Crippen LogP contribution in [0, 0.1) is 0 Å². The number of hydrogen-bond donors (Lipinski definition) is 2. The van der Waals surface area contributed by atoms with Crippen molar-refractivity contribution in [3.63, 3.8) is 0 Å². The van der Waals surface area contributed by atoms with Gasteiger partial charge in [-0.15, -0.1) is 0 Å². The number of H-pyrrole nitrogens is 1. The number of amides is 1. The zero-order chi connectivity index (χ0) is 18.4. The standard InChI is InChI=1S/C23H24N2O2/c26-22-12-9-18(24-22)13-20(17-5-3-15(4-6-17)14-1-2-14)21-11-10-19(16-7-8-16)23(27)25-21/h3-6,10-11,13-14,16,18H,1-2,7-9,12H2,(H,24,26)(H,25,27)/t18-/m1/s1. The fourth-order valence-corrected chi connectivity index (χ4v) is 4.01. The Bertz CT molecular complexity index is 963. The zero-order valence-electron chi connectivity index (χ0n) is 15.3. The van der Waals surface area contributed by atoms with Gasteiger partial charge < -0.3 is 10.3 Å². The Balaban J connectivity index is 1.53. The van der Waals surface area contributed by atoms with Crippen LogP contribution < -0.4 is 10.9 Å². The first-order valence-electron chi connectivity index (χ1n) is 10.0. The van der Waals surface area contributed by atoms with Crippen LogP contribution in [0.4, 0.5) is 0 Å². The number of rotatable bonds is 5. The summed E-state index contributed by atoms with van der Waals surface area (Å²) in [7, 11) is 0. The summed E-state index contributed by atoms with van der Waals surface area (Å²) < 4.78 is 0. The maximum atomic E-state index is 12.5. The van der Waals surface area contributed by atoms with E-state index in [1.807, 2.05) is 12.1 Å². The number of hydrogen-bond acceptors (Lipinski definition) is 2. The molecule has 0 unspecified atom stereocenters. The number of carbonyl (C=O) groups is 1. The molecule has 1 aliphatic heterocycles. The summed E-state index contributed by atoms with van der Waals surface area (Å²) in [5.74, 6) is 1.25. The number of benzene rings is 1. The molecule has 2 saturated carbocycles. The highest BCUT2D eigenvalue weighted by molar-refractivity contribution is 5.82. The second-order valence-electron chi connectivity index (χ2n) is 8.12. The summed E-state index contributed by atoms with van der Waals surface area (Å²) in [6.45, 7) is 0. The SMILES string of the molecule is O=C1CC[C@H](C=C(c2ccc(C3CC3)cc2)c2ccc(C3CC3)c(=O)[nH]2)N1. The van der Waals surface area contributed by atoms with Gasteiger partial charge >= 0.3 is 0 Å². The molecule has 4 nitrogen and oxygen atoms in total. The van der Waals surface area contributed by atoms with Crippen LogP contribution in [0.2, 0.25) is 0 Å². The fourth-order valence-electron chi connectivity index (χ4n) is 4.01. The number of nitrogens with one attached hydrogen (secondary N) is 2. The van der Waals surface area contributed by atoms with Crippen LogP contribution in [0.15, 0.2) is 47.3 Å². The smallest absolute Gasteiger partial charge is 0.251 e. The molecular formula is C23H24N2O2. The molecule has 1 aromatic carbocycles. The van der Waals surface area contributed by atoms with Gasteiger partial charge in [0.2, 0.25) is 5.91 Å². The van der Waals surface area contributed by atoms with Crippen LogP contribution in [-0.2, 0) is 4.79 Å². The van der Waals surface area contributed by atoms with Crippen molar-refractivity contribution in [3.8, 4) is 0 Å². The van der Waals surface area contributed by atoms with Gasteiger partial charge in [0.15, 0.2) is 0 Å². The molecule has 1 atom stereocenters. The molecule has 1 saturated heterocycles. The Kier molecular flexibility index (Phi) is 4.00. The summed E-state index contributed by atoms with van der Waals surface area (Å²) in [5, 5.41) is 3.01. The molecule has 3 aliphatic rings. The normalized spacial score (nSPS) is 22.7. The van der Waals surface area contributed by atoms with E-state index in [0.29, 0.717) is 12.3 Å². The molecule has 3 fully saturated rings. The van der Waals surface area contributed by atoms with E-state index in [-0.39, 0.29) is 17.5 Å². The van der Waals surface area contributed by atoms with Crippen molar-refractivity contribution in [1.29, 1.82) is 0 Å². The average molecular weight is 360 g/mol. The summed E-state index contributed by atoms with van der Waals surface area (Å²) in [6.07, 6.45) is 8.25. The van der Waals surface area contributed by atoms with E-state index >= 15 is 0 Å². The third-order valence-electron chi connectivity index (χ3n) is 5.91. The summed E-state index contributed by atoms with van der Waals surface area (Å²) >= 11 is 0. The molecule has 138 valence electrons. The molecule has 27 heavy (non-hydrogen) atoms. The van der Waals surface area contributed by atoms with Gasteiger partial charge in [0.1, 0.15) is 0 Å². The lowest BCUT2D eigenvalue weighted by Gasteiger charge is -2.13. The quantitative estimate of drug-likeness (QED) is 0.851. The number of carbonyl (C=O) groups excluding carboxylic acids is 1. The third-order valence-corrected chi connectivity index (χ3v) is 5.91. The highest BCUT2D eigenvalue weighted by Crippen LogP contribution is 2.41. The number of aromatic amines is 1. The van der Waals surface area contributed by atoms with Crippen LogP contribution in [0.25, 0.3) is 5.57 Å². The average Bonchev–Trinajstić information content (AvgIpc) is 3.59.